The Kier molecular flexibility index (Phi) is 6.14. The first kappa shape index (κ1) is 20.2. The largest absolute Gasteiger partial charge is 0.495 e. The lowest BCUT2D eigenvalue weighted by Crippen LogP contribution is -2.18. The normalized spacial score (nSPS) is 13.1. The maximum Gasteiger partial charge on any atom is 0.259 e. The Labute approximate surface area is 180 Å². The quantitative estimate of drug-likeness (QED) is 0.533. The average Bonchev–Trinajstić information content (AvgIpc) is 2.95. The van der Waals surface area contributed by atoms with Crippen LogP contribution in [0.25, 0.3) is 0 Å². The van der Waals surface area contributed by atoms with Gasteiger partial charge in [-0.05, 0) is 55.5 Å². The molecule has 0 aliphatic heterocycles. The van der Waals surface area contributed by atoms with Crippen LogP contribution in [0.3, 0.4) is 0 Å². The molecule has 0 fully saturated rings. The molecule has 4 rings (SSSR count). The highest BCUT2D eigenvalue weighted by atomic mass is 32.1. The number of hydrogen-bond acceptors (Lipinski definition) is 4. The zero-order chi connectivity index (χ0) is 20.9. The fourth-order valence-electron chi connectivity index (χ4n) is 3.77. The van der Waals surface area contributed by atoms with Crippen molar-refractivity contribution in [2.24, 2.45) is 0 Å². The predicted molar refractivity (Wildman–Crippen MR) is 121 cm³/mol. The van der Waals surface area contributed by atoms with Gasteiger partial charge in [0.15, 0.2) is 0 Å². The first-order chi connectivity index (χ1) is 14.7. The Morgan fingerprint density at radius 2 is 1.60 bits per heavy atom. The van der Waals surface area contributed by atoms with Crippen LogP contribution in [0, 0.1) is 0 Å². The van der Waals surface area contributed by atoms with Crippen LogP contribution in [0.5, 0.6) is 5.75 Å². The number of benzene rings is 2. The van der Waals surface area contributed by atoms with E-state index in [1.165, 1.54) is 16.2 Å². The monoisotopic (exact) mass is 420 g/mol. The van der Waals surface area contributed by atoms with E-state index in [0.29, 0.717) is 27.6 Å². The molecule has 0 saturated heterocycles. The SMILES string of the molecule is COc1ccccc1NC(=O)c1c(NC(=O)c2ccccc2)sc2c1CCCCC2. The number of methoxy groups -OCH3 is 1. The summed E-state index contributed by atoms with van der Waals surface area (Å²) in [5, 5.41) is 6.58. The summed E-state index contributed by atoms with van der Waals surface area (Å²) in [6.07, 6.45) is 5.09. The molecule has 0 radical (unpaired) electrons. The van der Waals surface area contributed by atoms with E-state index in [1.807, 2.05) is 42.5 Å². The number of amides is 2. The number of thiophene rings is 1. The van der Waals surface area contributed by atoms with Gasteiger partial charge >= 0.3 is 0 Å². The molecule has 1 aliphatic rings. The second kappa shape index (κ2) is 9.13. The topological polar surface area (TPSA) is 67.4 Å². The van der Waals surface area contributed by atoms with E-state index in [0.717, 1.165) is 37.7 Å². The molecule has 0 saturated carbocycles. The summed E-state index contributed by atoms with van der Waals surface area (Å²) in [6, 6.07) is 16.4. The highest BCUT2D eigenvalue weighted by molar-refractivity contribution is 7.17. The molecule has 30 heavy (non-hydrogen) atoms. The Morgan fingerprint density at radius 1 is 0.867 bits per heavy atom. The summed E-state index contributed by atoms with van der Waals surface area (Å²) < 4.78 is 5.37. The molecule has 0 atom stereocenters. The summed E-state index contributed by atoms with van der Waals surface area (Å²) in [6.45, 7) is 0. The zero-order valence-electron chi connectivity index (χ0n) is 16.9. The fourth-order valence-corrected chi connectivity index (χ4v) is 5.05. The Hall–Kier alpha value is -3.12. The third kappa shape index (κ3) is 4.24. The van der Waals surface area contributed by atoms with Gasteiger partial charge in [0.05, 0.1) is 18.4 Å². The van der Waals surface area contributed by atoms with E-state index >= 15 is 0 Å². The molecule has 154 valence electrons. The molecule has 0 unspecified atom stereocenters. The first-order valence-electron chi connectivity index (χ1n) is 10.1. The molecular weight excluding hydrogens is 396 g/mol. The number of hydrogen-bond donors (Lipinski definition) is 2. The van der Waals surface area contributed by atoms with Gasteiger partial charge in [-0.15, -0.1) is 11.3 Å². The van der Waals surface area contributed by atoms with Gasteiger partial charge in [-0.25, -0.2) is 0 Å². The number of carbonyl (C=O) groups is 2. The third-order valence-electron chi connectivity index (χ3n) is 5.27. The average molecular weight is 421 g/mol. The molecule has 6 heteroatoms. The third-order valence-corrected chi connectivity index (χ3v) is 6.47. The van der Waals surface area contributed by atoms with Crippen molar-refractivity contribution in [3.8, 4) is 5.75 Å². The van der Waals surface area contributed by atoms with Gasteiger partial charge in [0.1, 0.15) is 10.8 Å². The molecule has 1 aromatic heterocycles. The summed E-state index contributed by atoms with van der Waals surface area (Å²) in [5.74, 6) is 0.169. The van der Waals surface area contributed by atoms with E-state index in [9.17, 15) is 9.59 Å². The van der Waals surface area contributed by atoms with Crippen LogP contribution < -0.4 is 15.4 Å². The summed E-state index contributed by atoms with van der Waals surface area (Å²) in [5.41, 5.74) is 2.82. The number of para-hydroxylation sites is 2. The van der Waals surface area contributed by atoms with Gasteiger partial charge in [-0.2, -0.15) is 0 Å². The number of ether oxygens (including phenoxy) is 1. The summed E-state index contributed by atoms with van der Waals surface area (Å²) in [4.78, 5) is 27.3. The van der Waals surface area contributed by atoms with Crippen molar-refractivity contribution in [3.63, 3.8) is 0 Å². The van der Waals surface area contributed by atoms with E-state index in [1.54, 1.807) is 19.2 Å². The van der Waals surface area contributed by atoms with Crippen molar-refractivity contribution < 1.29 is 14.3 Å². The number of anilines is 2. The molecule has 0 spiro atoms. The van der Waals surface area contributed by atoms with Crippen LogP contribution in [-0.2, 0) is 12.8 Å². The van der Waals surface area contributed by atoms with Crippen molar-refractivity contribution in [1.29, 1.82) is 0 Å². The molecule has 2 N–H and O–H groups in total. The van der Waals surface area contributed by atoms with Crippen LogP contribution in [-0.4, -0.2) is 18.9 Å². The van der Waals surface area contributed by atoms with E-state index < -0.39 is 0 Å². The molecule has 2 amide bonds. The number of carbonyl (C=O) groups excluding carboxylic acids is 2. The van der Waals surface area contributed by atoms with Crippen LogP contribution >= 0.6 is 11.3 Å². The molecule has 0 bridgehead atoms. The highest BCUT2D eigenvalue weighted by Gasteiger charge is 2.26. The number of nitrogens with one attached hydrogen (secondary N) is 2. The van der Waals surface area contributed by atoms with Crippen molar-refractivity contribution >= 4 is 33.8 Å². The second-order valence-corrected chi connectivity index (χ2v) is 8.35. The molecule has 1 heterocycles. The van der Waals surface area contributed by atoms with Crippen LogP contribution in [0.1, 0.15) is 50.4 Å². The minimum atomic E-state index is -0.220. The Bertz CT molecular complexity index is 1060. The van der Waals surface area contributed by atoms with Gasteiger partial charge in [0.25, 0.3) is 11.8 Å². The van der Waals surface area contributed by atoms with Gasteiger partial charge in [-0.1, -0.05) is 36.8 Å². The number of aryl methyl sites for hydroxylation is 1. The lowest BCUT2D eigenvalue weighted by molar-refractivity contribution is 0.102. The maximum absolute atomic E-state index is 13.4. The second-order valence-electron chi connectivity index (χ2n) is 7.24. The van der Waals surface area contributed by atoms with Gasteiger partial charge in [-0.3, -0.25) is 9.59 Å². The maximum atomic E-state index is 13.4. The van der Waals surface area contributed by atoms with E-state index in [-0.39, 0.29) is 11.8 Å². The smallest absolute Gasteiger partial charge is 0.259 e. The minimum absolute atomic E-state index is 0.210. The predicted octanol–water partition coefficient (Wildman–Crippen LogP) is 5.53. The van der Waals surface area contributed by atoms with Gasteiger partial charge in [0.2, 0.25) is 0 Å². The molecule has 5 nitrogen and oxygen atoms in total. The van der Waals surface area contributed by atoms with E-state index in [4.69, 9.17) is 4.74 Å². The van der Waals surface area contributed by atoms with E-state index in [2.05, 4.69) is 10.6 Å². The zero-order valence-corrected chi connectivity index (χ0v) is 17.7. The lowest BCUT2D eigenvalue weighted by Gasteiger charge is -2.12. The van der Waals surface area contributed by atoms with Crippen molar-refractivity contribution in [2.45, 2.75) is 32.1 Å². The van der Waals surface area contributed by atoms with Crippen molar-refractivity contribution in [2.75, 3.05) is 17.7 Å². The molecule has 1 aliphatic carbocycles. The molecule has 3 aromatic rings. The first-order valence-corrected chi connectivity index (χ1v) is 10.9. The van der Waals surface area contributed by atoms with Gasteiger partial charge in [0, 0.05) is 10.4 Å². The summed E-state index contributed by atoms with van der Waals surface area (Å²) in [7, 11) is 1.58. The fraction of sp³-hybridized carbons (Fsp3) is 0.250. The van der Waals surface area contributed by atoms with Gasteiger partial charge < -0.3 is 15.4 Å². The van der Waals surface area contributed by atoms with Crippen molar-refractivity contribution in [3.05, 3.63) is 76.2 Å². The standard InChI is InChI=1S/C24H24N2O3S/c1-29-19-14-9-8-13-18(19)25-23(28)21-17-12-6-3-7-15-20(17)30-24(21)26-22(27)16-10-4-2-5-11-16/h2,4-5,8-11,13-14H,3,6-7,12,15H2,1H3,(H,25,28)(H,26,27). The Morgan fingerprint density at radius 3 is 2.40 bits per heavy atom. The highest BCUT2D eigenvalue weighted by Crippen LogP contribution is 2.38. The lowest BCUT2D eigenvalue weighted by atomic mass is 10.0. The van der Waals surface area contributed by atoms with Crippen molar-refractivity contribution in [1.82, 2.24) is 0 Å². The minimum Gasteiger partial charge on any atom is -0.495 e. The van der Waals surface area contributed by atoms with Crippen LogP contribution in [0.15, 0.2) is 54.6 Å². The number of fused-ring (bicyclic) bond motifs is 1. The van der Waals surface area contributed by atoms with Crippen LogP contribution in [0.2, 0.25) is 0 Å². The Balaban J connectivity index is 1.68. The molecular formula is C24H24N2O3S. The van der Waals surface area contributed by atoms with Crippen LogP contribution in [0.4, 0.5) is 10.7 Å². The number of rotatable bonds is 5. The summed E-state index contributed by atoms with van der Waals surface area (Å²) >= 11 is 1.52. The molecule has 2 aromatic carbocycles.